The molecule has 112 valence electrons. The highest BCUT2D eigenvalue weighted by atomic mass is 35.5. The van der Waals surface area contributed by atoms with Crippen molar-refractivity contribution in [1.29, 1.82) is 0 Å². The van der Waals surface area contributed by atoms with Gasteiger partial charge in [0.1, 0.15) is 5.75 Å². The molecule has 0 saturated carbocycles. The van der Waals surface area contributed by atoms with Crippen LogP contribution in [0, 0.1) is 11.6 Å². The van der Waals surface area contributed by atoms with Gasteiger partial charge >= 0.3 is 0 Å². The summed E-state index contributed by atoms with van der Waals surface area (Å²) in [5.74, 6) is -1.72. The predicted octanol–water partition coefficient (Wildman–Crippen LogP) is 4.91. The molecule has 0 aliphatic carbocycles. The van der Waals surface area contributed by atoms with E-state index in [9.17, 15) is 8.78 Å². The number of hydrogen-bond donors (Lipinski definition) is 1. The number of benzene rings is 2. The van der Waals surface area contributed by atoms with Gasteiger partial charge in [-0.1, -0.05) is 30.7 Å². The van der Waals surface area contributed by atoms with E-state index in [1.54, 1.807) is 24.3 Å². The first-order valence-electron chi connectivity index (χ1n) is 6.73. The second kappa shape index (κ2) is 7.38. The van der Waals surface area contributed by atoms with E-state index < -0.39 is 17.4 Å². The summed E-state index contributed by atoms with van der Waals surface area (Å²) in [5.41, 5.74) is 0.532. The molecule has 1 N–H and O–H groups in total. The molecule has 0 aliphatic heterocycles. The van der Waals surface area contributed by atoms with E-state index >= 15 is 0 Å². The number of rotatable bonds is 6. The number of halogens is 3. The molecule has 0 unspecified atom stereocenters. The molecule has 0 amide bonds. The Labute approximate surface area is 127 Å². The fraction of sp³-hybridized carbons (Fsp3) is 0.250. The third-order valence-electron chi connectivity index (χ3n) is 2.86. The van der Waals surface area contributed by atoms with Crippen molar-refractivity contribution in [3.63, 3.8) is 0 Å². The molecule has 0 radical (unpaired) electrons. The van der Waals surface area contributed by atoms with Crippen LogP contribution in [0.15, 0.2) is 36.4 Å². The Hall–Kier alpha value is -1.65. The average molecular weight is 312 g/mol. The first-order valence-corrected chi connectivity index (χ1v) is 7.10. The van der Waals surface area contributed by atoms with Crippen molar-refractivity contribution >= 4 is 11.6 Å². The molecule has 5 heteroatoms. The van der Waals surface area contributed by atoms with Crippen molar-refractivity contribution in [1.82, 2.24) is 5.32 Å². The van der Waals surface area contributed by atoms with Crippen LogP contribution in [0.4, 0.5) is 8.78 Å². The van der Waals surface area contributed by atoms with E-state index in [-0.39, 0.29) is 5.75 Å². The molecular weight excluding hydrogens is 296 g/mol. The van der Waals surface area contributed by atoms with Gasteiger partial charge in [-0.3, -0.25) is 0 Å². The van der Waals surface area contributed by atoms with Gasteiger partial charge in [-0.25, -0.2) is 8.78 Å². The quantitative estimate of drug-likeness (QED) is 0.765. The van der Waals surface area contributed by atoms with Crippen LogP contribution in [0.25, 0.3) is 0 Å². The normalized spacial score (nSPS) is 10.7. The molecule has 0 saturated heterocycles. The molecule has 0 bridgehead atoms. The number of para-hydroxylation sites is 1. The van der Waals surface area contributed by atoms with Crippen molar-refractivity contribution in [2.75, 3.05) is 6.54 Å². The Kier molecular flexibility index (Phi) is 5.53. The summed E-state index contributed by atoms with van der Waals surface area (Å²) >= 11 is 5.91. The monoisotopic (exact) mass is 311 g/mol. The van der Waals surface area contributed by atoms with E-state index in [2.05, 4.69) is 5.32 Å². The van der Waals surface area contributed by atoms with Crippen LogP contribution in [0.5, 0.6) is 11.5 Å². The summed E-state index contributed by atoms with van der Waals surface area (Å²) < 4.78 is 33.3. The molecule has 0 aromatic heterocycles. The first kappa shape index (κ1) is 15.7. The molecule has 2 rings (SSSR count). The molecule has 0 spiro atoms. The highest BCUT2D eigenvalue weighted by molar-refractivity contribution is 6.32. The molecule has 0 heterocycles. The third kappa shape index (κ3) is 4.16. The summed E-state index contributed by atoms with van der Waals surface area (Å²) in [6.07, 6.45) is 0.957. The lowest BCUT2D eigenvalue weighted by molar-refractivity contribution is 0.406. The Morgan fingerprint density at radius 1 is 1.14 bits per heavy atom. The second-order valence-electron chi connectivity index (χ2n) is 4.60. The lowest BCUT2D eigenvalue weighted by Gasteiger charge is -2.11. The fourth-order valence-electron chi connectivity index (χ4n) is 1.86. The number of hydrogen-bond acceptors (Lipinski definition) is 2. The van der Waals surface area contributed by atoms with Gasteiger partial charge in [0, 0.05) is 6.54 Å². The fourth-order valence-corrected chi connectivity index (χ4v) is 2.03. The second-order valence-corrected chi connectivity index (χ2v) is 5.01. The maximum Gasteiger partial charge on any atom is 0.198 e. The van der Waals surface area contributed by atoms with Gasteiger partial charge in [0.15, 0.2) is 17.4 Å². The number of ether oxygens (including phenoxy) is 1. The van der Waals surface area contributed by atoms with Gasteiger partial charge in [-0.05, 0) is 42.8 Å². The zero-order chi connectivity index (χ0) is 15.2. The van der Waals surface area contributed by atoms with Crippen LogP contribution in [0.1, 0.15) is 18.9 Å². The van der Waals surface area contributed by atoms with Gasteiger partial charge in [0.05, 0.1) is 5.02 Å². The SMILES string of the molecule is CCCNCc1cc(F)c(Oc2ccccc2Cl)c(F)c1. The first-order chi connectivity index (χ1) is 10.1. The van der Waals surface area contributed by atoms with Crippen molar-refractivity contribution in [2.45, 2.75) is 19.9 Å². The minimum Gasteiger partial charge on any atom is -0.450 e. The van der Waals surface area contributed by atoms with E-state index in [0.717, 1.165) is 13.0 Å². The molecule has 0 fully saturated rings. The lowest BCUT2D eigenvalue weighted by atomic mass is 10.2. The molecule has 21 heavy (non-hydrogen) atoms. The van der Waals surface area contributed by atoms with Crippen molar-refractivity contribution in [2.24, 2.45) is 0 Å². The molecule has 2 aromatic carbocycles. The molecular formula is C16H16ClF2NO. The summed E-state index contributed by atoms with van der Waals surface area (Å²) in [6.45, 7) is 3.23. The smallest absolute Gasteiger partial charge is 0.198 e. The molecule has 0 atom stereocenters. The van der Waals surface area contributed by atoms with Crippen LogP contribution in [0.3, 0.4) is 0 Å². The lowest BCUT2D eigenvalue weighted by Crippen LogP contribution is -2.14. The zero-order valence-corrected chi connectivity index (χ0v) is 12.4. The standard InChI is InChI=1S/C16H16ClF2NO/c1-2-7-20-10-11-8-13(18)16(14(19)9-11)21-15-6-4-3-5-12(15)17/h3-6,8-9,20H,2,7,10H2,1H3. The number of nitrogens with one attached hydrogen (secondary N) is 1. The van der Waals surface area contributed by atoms with Crippen molar-refractivity contribution < 1.29 is 13.5 Å². The van der Waals surface area contributed by atoms with E-state index in [1.807, 2.05) is 6.92 Å². The predicted molar refractivity (Wildman–Crippen MR) is 79.9 cm³/mol. The highest BCUT2D eigenvalue weighted by Gasteiger charge is 2.14. The Balaban J connectivity index is 2.19. The summed E-state index contributed by atoms with van der Waals surface area (Å²) in [6, 6.07) is 9.06. The van der Waals surface area contributed by atoms with Crippen molar-refractivity contribution in [3.8, 4) is 11.5 Å². The van der Waals surface area contributed by atoms with Crippen LogP contribution < -0.4 is 10.1 Å². The van der Waals surface area contributed by atoms with Gasteiger partial charge in [0.25, 0.3) is 0 Å². The summed E-state index contributed by atoms with van der Waals surface area (Å²) in [4.78, 5) is 0. The van der Waals surface area contributed by atoms with E-state index in [1.165, 1.54) is 12.1 Å². The Bertz CT molecular complexity index is 596. The maximum absolute atomic E-state index is 14.0. The molecule has 2 aromatic rings. The van der Waals surface area contributed by atoms with Gasteiger partial charge in [0.2, 0.25) is 0 Å². The topological polar surface area (TPSA) is 21.3 Å². The largest absolute Gasteiger partial charge is 0.450 e. The maximum atomic E-state index is 14.0. The van der Waals surface area contributed by atoms with E-state index in [4.69, 9.17) is 16.3 Å². The highest BCUT2D eigenvalue weighted by Crippen LogP contribution is 2.32. The van der Waals surface area contributed by atoms with E-state index in [0.29, 0.717) is 17.1 Å². The van der Waals surface area contributed by atoms with Crippen LogP contribution in [-0.2, 0) is 6.54 Å². The summed E-state index contributed by atoms with van der Waals surface area (Å²) in [5, 5.41) is 3.39. The van der Waals surface area contributed by atoms with Crippen molar-refractivity contribution in [3.05, 3.63) is 58.6 Å². The Morgan fingerprint density at radius 2 is 1.81 bits per heavy atom. The summed E-state index contributed by atoms with van der Waals surface area (Å²) in [7, 11) is 0. The van der Waals surface area contributed by atoms with Gasteiger partial charge < -0.3 is 10.1 Å². The minimum atomic E-state index is -0.747. The minimum absolute atomic E-state index is 0.217. The molecule has 2 nitrogen and oxygen atoms in total. The van der Waals surface area contributed by atoms with Crippen LogP contribution in [-0.4, -0.2) is 6.54 Å². The van der Waals surface area contributed by atoms with Gasteiger partial charge in [-0.15, -0.1) is 0 Å². The molecule has 0 aliphatic rings. The van der Waals surface area contributed by atoms with Gasteiger partial charge in [-0.2, -0.15) is 0 Å². The van der Waals surface area contributed by atoms with Crippen LogP contribution in [0.2, 0.25) is 5.02 Å². The third-order valence-corrected chi connectivity index (χ3v) is 3.17. The zero-order valence-electron chi connectivity index (χ0n) is 11.6. The van der Waals surface area contributed by atoms with Crippen LogP contribution >= 0.6 is 11.6 Å². The Morgan fingerprint density at radius 3 is 2.43 bits per heavy atom. The average Bonchev–Trinajstić information content (AvgIpc) is 2.45.